The number of allylic oxidation sites excluding steroid dienone is 3. The number of H-pyrrole nitrogens is 1. The molecule has 0 radical (unpaired) electrons. The lowest BCUT2D eigenvalue weighted by Crippen LogP contribution is -2.23. The molecule has 0 atom stereocenters. The highest BCUT2D eigenvalue weighted by atomic mass is 19.2. The Morgan fingerprint density at radius 3 is 2.79 bits per heavy atom. The van der Waals surface area contributed by atoms with Gasteiger partial charge in [0.2, 0.25) is 0 Å². The van der Waals surface area contributed by atoms with E-state index in [0.29, 0.717) is 17.5 Å². The molecule has 1 aromatic carbocycles. The normalized spacial score (nSPS) is 14.8. The van der Waals surface area contributed by atoms with E-state index in [1.54, 1.807) is 12.3 Å². The van der Waals surface area contributed by atoms with Crippen molar-refractivity contribution in [3.8, 4) is 11.3 Å². The Hall–Kier alpha value is -2.73. The number of nitrogens with zero attached hydrogens (tertiary/aromatic N) is 2. The van der Waals surface area contributed by atoms with Gasteiger partial charge in [0.05, 0.1) is 22.6 Å². The Morgan fingerprint density at radius 1 is 1.28 bits per heavy atom. The SMILES string of the molecule is C=C(CC)/C(=C(\C)CC)n1nc2c(c1-c1cc(F)c(F)c3[nH]ccc13)CNCC2. The van der Waals surface area contributed by atoms with Gasteiger partial charge in [0.15, 0.2) is 11.6 Å². The molecule has 2 aromatic heterocycles. The number of benzene rings is 1. The number of fused-ring (bicyclic) bond motifs is 2. The molecule has 0 aliphatic carbocycles. The van der Waals surface area contributed by atoms with Crippen molar-refractivity contribution in [3.05, 3.63) is 58.9 Å². The molecule has 152 valence electrons. The van der Waals surface area contributed by atoms with Gasteiger partial charge in [0, 0.05) is 42.2 Å². The van der Waals surface area contributed by atoms with Gasteiger partial charge in [-0.15, -0.1) is 0 Å². The maximum Gasteiger partial charge on any atom is 0.182 e. The second-order valence-electron chi connectivity index (χ2n) is 7.54. The molecule has 0 bridgehead atoms. The van der Waals surface area contributed by atoms with Crippen LogP contribution in [-0.2, 0) is 13.0 Å². The number of nitrogens with one attached hydrogen (secondary N) is 2. The van der Waals surface area contributed by atoms with Crippen LogP contribution in [0.15, 0.2) is 36.1 Å². The quantitative estimate of drug-likeness (QED) is 0.555. The molecule has 3 heterocycles. The molecule has 0 amide bonds. The molecule has 0 spiro atoms. The fourth-order valence-corrected chi connectivity index (χ4v) is 4.07. The average molecular weight is 396 g/mol. The summed E-state index contributed by atoms with van der Waals surface area (Å²) < 4.78 is 30.8. The van der Waals surface area contributed by atoms with Crippen LogP contribution in [0.5, 0.6) is 0 Å². The molecular formula is C23H26F2N4. The van der Waals surface area contributed by atoms with Crippen LogP contribution in [0.1, 0.15) is 44.9 Å². The van der Waals surface area contributed by atoms with Crippen molar-refractivity contribution in [2.45, 2.75) is 46.6 Å². The third-order valence-corrected chi connectivity index (χ3v) is 5.81. The van der Waals surface area contributed by atoms with Crippen LogP contribution in [0.2, 0.25) is 0 Å². The largest absolute Gasteiger partial charge is 0.359 e. The summed E-state index contributed by atoms with van der Waals surface area (Å²) in [6.07, 6.45) is 4.08. The standard InChI is InChI=1S/C23H26F2N4/c1-5-13(3)22(14(4)6-2)29-23(17-12-26-9-8-19(17)28-29)16-11-18(24)20(25)21-15(16)7-10-27-21/h7,10-11,26-27H,3,5-6,8-9,12H2,1-2,4H3/b22-14-. The highest BCUT2D eigenvalue weighted by Crippen LogP contribution is 2.39. The molecule has 6 heteroatoms. The summed E-state index contributed by atoms with van der Waals surface area (Å²) in [6, 6.07) is 3.08. The van der Waals surface area contributed by atoms with E-state index in [-0.39, 0.29) is 5.52 Å². The van der Waals surface area contributed by atoms with Gasteiger partial charge >= 0.3 is 0 Å². The zero-order valence-corrected chi connectivity index (χ0v) is 17.1. The Labute approximate surface area is 169 Å². The van der Waals surface area contributed by atoms with E-state index >= 15 is 0 Å². The summed E-state index contributed by atoms with van der Waals surface area (Å²) in [5.41, 5.74) is 6.78. The average Bonchev–Trinajstić information content (AvgIpc) is 3.36. The Kier molecular flexibility index (Phi) is 5.13. The molecule has 3 aromatic rings. The Balaban J connectivity index is 2.10. The van der Waals surface area contributed by atoms with Crippen LogP contribution in [0.25, 0.3) is 27.9 Å². The Morgan fingerprint density at radius 2 is 2.07 bits per heavy atom. The first kappa shape index (κ1) is 19.6. The van der Waals surface area contributed by atoms with Gasteiger partial charge in [-0.05, 0) is 43.0 Å². The first-order valence-corrected chi connectivity index (χ1v) is 10.1. The van der Waals surface area contributed by atoms with Crippen molar-refractivity contribution >= 4 is 16.6 Å². The molecule has 1 aliphatic heterocycles. The maximum absolute atomic E-state index is 14.5. The summed E-state index contributed by atoms with van der Waals surface area (Å²) in [5, 5.41) is 8.98. The van der Waals surface area contributed by atoms with Crippen molar-refractivity contribution in [2.24, 2.45) is 0 Å². The molecule has 0 saturated carbocycles. The fourth-order valence-electron chi connectivity index (χ4n) is 4.07. The fraction of sp³-hybridized carbons (Fsp3) is 0.348. The van der Waals surface area contributed by atoms with Crippen LogP contribution in [0.3, 0.4) is 0 Å². The predicted molar refractivity (Wildman–Crippen MR) is 113 cm³/mol. The van der Waals surface area contributed by atoms with Crippen molar-refractivity contribution in [1.29, 1.82) is 0 Å². The highest BCUT2D eigenvalue weighted by Gasteiger charge is 2.27. The summed E-state index contributed by atoms with van der Waals surface area (Å²) >= 11 is 0. The van der Waals surface area contributed by atoms with Crippen molar-refractivity contribution in [3.63, 3.8) is 0 Å². The van der Waals surface area contributed by atoms with Crippen molar-refractivity contribution < 1.29 is 8.78 Å². The lowest BCUT2D eigenvalue weighted by molar-refractivity contribution is 0.516. The summed E-state index contributed by atoms with van der Waals surface area (Å²) in [5.74, 6) is -1.72. The van der Waals surface area contributed by atoms with Gasteiger partial charge in [0.1, 0.15) is 0 Å². The van der Waals surface area contributed by atoms with E-state index in [2.05, 4.69) is 37.7 Å². The molecular weight excluding hydrogens is 370 g/mol. The third-order valence-electron chi connectivity index (χ3n) is 5.81. The monoisotopic (exact) mass is 396 g/mol. The second-order valence-corrected chi connectivity index (χ2v) is 7.54. The summed E-state index contributed by atoms with van der Waals surface area (Å²) in [7, 11) is 0. The van der Waals surface area contributed by atoms with Crippen LogP contribution < -0.4 is 5.32 Å². The number of aromatic amines is 1. The zero-order valence-electron chi connectivity index (χ0n) is 17.1. The number of hydrogen-bond acceptors (Lipinski definition) is 2. The molecule has 29 heavy (non-hydrogen) atoms. The van der Waals surface area contributed by atoms with Gasteiger partial charge in [-0.3, -0.25) is 0 Å². The van der Waals surface area contributed by atoms with Crippen LogP contribution in [0, 0.1) is 11.6 Å². The van der Waals surface area contributed by atoms with Crippen LogP contribution in [0.4, 0.5) is 8.78 Å². The zero-order chi connectivity index (χ0) is 20.7. The van der Waals surface area contributed by atoms with Crippen LogP contribution >= 0.6 is 0 Å². The number of rotatable bonds is 5. The van der Waals surface area contributed by atoms with Gasteiger partial charge in [-0.1, -0.05) is 20.4 Å². The van der Waals surface area contributed by atoms with Gasteiger partial charge in [-0.2, -0.15) is 5.10 Å². The van der Waals surface area contributed by atoms with Gasteiger partial charge < -0.3 is 10.3 Å². The lowest BCUT2D eigenvalue weighted by Gasteiger charge is -2.18. The summed E-state index contributed by atoms with van der Waals surface area (Å²) in [6.45, 7) is 12.0. The van der Waals surface area contributed by atoms with E-state index in [4.69, 9.17) is 5.10 Å². The minimum atomic E-state index is -0.868. The maximum atomic E-state index is 14.5. The molecule has 0 saturated heterocycles. The molecule has 0 unspecified atom stereocenters. The molecule has 2 N–H and O–H groups in total. The van der Waals surface area contributed by atoms with Gasteiger partial charge in [0.25, 0.3) is 0 Å². The Bertz CT molecular complexity index is 1130. The van der Waals surface area contributed by atoms with E-state index < -0.39 is 11.6 Å². The highest BCUT2D eigenvalue weighted by molar-refractivity contribution is 5.96. The molecule has 4 rings (SSSR count). The topological polar surface area (TPSA) is 45.6 Å². The van der Waals surface area contributed by atoms with Crippen LogP contribution in [-0.4, -0.2) is 21.3 Å². The number of aromatic nitrogens is 3. The van der Waals surface area contributed by atoms with E-state index in [0.717, 1.165) is 54.0 Å². The predicted octanol–water partition coefficient (Wildman–Crippen LogP) is 5.56. The minimum Gasteiger partial charge on any atom is -0.359 e. The van der Waals surface area contributed by atoms with E-state index in [1.165, 1.54) is 11.6 Å². The second kappa shape index (κ2) is 7.59. The number of hydrogen-bond donors (Lipinski definition) is 2. The van der Waals surface area contributed by atoms with Gasteiger partial charge in [-0.25, -0.2) is 13.5 Å². The van der Waals surface area contributed by atoms with Crippen molar-refractivity contribution in [1.82, 2.24) is 20.1 Å². The first-order chi connectivity index (χ1) is 14.0. The third kappa shape index (κ3) is 3.12. The summed E-state index contributed by atoms with van der Waals surface area (Å²) in [4.78, 5) is 2.84. The van der Waals surface area contributed by atoms with E-state index in [1.807, 2.05) is 4.68 Å². The molecule has 0 fully saturated rings. The minimum absolute atomic E-state index is 0.178. The smallest absolute Gasteiger partial charge is 0.182 e. The number of halogens is 2. The molecule has 4 nitrogen and oxygen atoms in total. The van der Waals surface area contributed by atoms with Crippen molar-refractivity contribution in [2.75, 3.05) is 6.54 Å². The molecule has 1 aliphatic rings. The lowest BCUT2D eigenvalue weighted by atomic mass is 9.98. The van der Waals surface area contributed by atoms with E-state index in [9.17, 15) is 8.78 Å². The first-order valence-electron chi connectivity index (χ1n) is 10.1.